The van der Waals surface area contributed by atoms with Crippen molar-refractivity contribution in [2.24, 2.45) is 0 Å². The molecule has 3 heteroatoms. The fourth-order valence-corrected chi connectivity index (χ4v) is 3.32. The molecule has 1 saturated heterocycles. The summed E-state index contributed by atoms with van der Waals surface area (Å²) in [6.45, 7) is 10.3. The zero-order valence-electron chi connectivity index (χ0n) is 9.79. The first-order valence-electron chi connectivity index (χ1n) is 5.74. The van der Waals surface area contributed by atoms with Crippen molar-refractivity contribution in [3.05, 3.63) is 21.9 Å². The van der Waals surface area contributed by atoms with Gasteiger partial charge < -0.3 is 5.32 Å². The number of rotatable bonds is 4. The van der Waals surface area contributed by atoms with Crippen molar-refractivity contribution in [3.8, 4) is 0 Å². The molecule has 1 N–H and O–H groups in total. The summed E-state index contributed by atoms with van der Waals surface area (Å²) >= 11 is 1.89. The van der Waals surface area contributed by atoms with E-state index in [0.717, 1.165) is 25.7 Å². The fourth-order valence-electron chi connectivity index (χ4n) is 2.32. The summed E-state index contributed by atoms with van der Waals surface area (Å²) in [5.74, 6) is 0. The third kappa shape index (κ3) is 2.10. The molecule has 2 rings (SSSR count). The van der Waals surface area contributed by atoms with Crippen LogP contribution in [0.15, 0.2) is 11.4 Å². The first kappa shape index (κ1) is 11.1. The zero-order valence-corrected chi connectivity index (χ0v) is 10.6. The Hall–Kier alpha value is -0.380. The molecule has 0 spiro atoms. The minimum atomic E-state index is 0.571. The largest absolute Gasteiger partial charge is 0.314 e. The predicted octanol–water partition coefficient (Wildman–Crippen LogP) is 2.41. The predicted molar refractivity (Wildman–Crippen MR) is 66.5 cm³/mol. The minimum Gasteiger partial charge on any atom is -0.314 e. The second kappa shape index (κ2) is 4.64. The molecule has 1 aliphatic rings. The molecule has 0 radical (unpaired) electrons. The highest BCUT2D eigenvalue weighted by Crippen LogP contribution is 2.30. The van der Waals surface area contributed by atoms with Crippen LogP contribution in [0.25, 0.3) is 0 Å². The fraction of sp³-hybridized carbons (Fsp3) is 0.667. The number of aryl methyl sites for hydroxylation is 1. The summed E-state index contributed by atoms with van der Waals surface area (Å²) in [6.07, 6.45) is 0. The summed E-state index contributed by atoms with van der Waals surface area (Å²) in [6, 6.07) is 3.54. The molecule has 1 fully saturated rings. The third-order valence-electron chi connectivity index (χ3n) is 3.37. The lowest BCUT2D eigenvalue weighted by molar-refractivity contribution is 0.111. The maximum Gasteiger partial charge on any atom is 0.0419 e. The van der Waals surface area contributed by atoms with E-state index in [-0.39, 0.29) is 0 Å². The smallest absolute Gasteiger partial charge is 0.0419 e. The highest BCUT2D eigenvalue weighted by molar-refractivity contribution is 7.10. The van der Waals surface area contributed by atoms with Gasteiger partial charge in [-0.2, -0.15) is 0 Å². The summed E-state index contributed by atoms with van der Waals surface area (Å²) < 4.78 is 0. The summed E-state index contributed by atoms with van der Waals surface area (Å²) in [7, 11) is 0. The van der Waals surface area contributed by atoms with Gasteiger partial charge in [0.2, 0.25) is 0 Å². The number of hydrogen-bond donors (Lipinski definition) is 1. The number of likely N-dealkylation sites (N-methyl/N-ethyl adjacent to an activating group) is 1. The van der Waals surface area contributed by atoms with Crippen molar-refractivity contribution in [2.45, 2.75) is 32.9 Å². The van der Waals surface area contributed by atoms with Crippen LogP contribution in [-0.2, 0) is 0 Å². The van der Waals surface area contributed by atoms with E-state index in [1.807, 2.05) is 11.3 Å². The van der Waals surface area contributed by atoms with Crippen LogP contribution in [0.5, 0.6) is 0 Å². The standard InChI is InChI=1S/C12H20N2S/c1-4-14(11-7-13-8-11)10(3)12-9(2)5-6-15-12/h5-6,10-11,13H,4,7-8H2,1-3H3. The quantitative estimate of drug-likeness (QED) is 0.845. The lowest BCUT2D eigenvalue weighted by atomic mass is 10.1. The molecule has 0 aromatic carbocycles. The van der Waals surface area contributed by atoms with Crippen LogP contribution in [-0.4, -0.2) is 30.6 Å². The molecule has 1 aromatic rings. The Morgan fingerprint density at radius 3 is 2.73 bits per heavy atom. The minimum absolute atomic E-state index is 0.571. The van der Waals surface area contributed by atoms with Crippen molar-refractivity contribution < 1.29 is 0 Å². The second-order valence-corrected chi connectivity index (χ2v) is 5.23. The van der Waals surface area contributed by atoms with Crippen LogP contribution in [0.2, 0.25) is 0 Å². The Kier molecular flexibility index (Phi) is 3.44. The highest BCUT2D eigenvalue weighted by Gasteiger charge is 2.28. The molecule has 1 unspecified atom stereocenters. The summed E-state index contributed by atoms with van der Waals surface area (Å²) in [5, 5.41) is 5.55. The van der Waals surface area contributed by atoms with E-state index in [9.17, 15) is 0 Å². The SMILES string of the molecule is CCN(C1CNC1)C(C)c1sccc1C. The average Bonchev–Trinajstić information content (AvgIpc) is 2.56. The lowest BCUT2D eigenvalue weighted by Crippen LogP contribution is -2.57. The number of nitrogens with one attached hydrogen (secondary N) is 1. The molecule has 84 valence electrons. The number of nitrogens with zero attached hydrogens (tertiary/aromatic N) is 1. The molecular formula is C12H20N2S. The zero-order chi connectivity index (χ0) is 10.8. The van der Waals surface area contributed by atoms with E-state index in [1.165, 1.54) is 10.4 Å². The van der Waals surface area contributed by atoms with Crippen molar-refractivity contribution >= 4 is 11.3 Å². The van der Waals surface area contributed by atoms with Gasteiger partial charge in [0.15, 0.2) is 0 Å². The highest BCUT2D eigenvalue weighted by atomic mass is 32.1. The van der Waals surface area contributed by atoms with Gasteiger partial charge in [-0.15, -0.1) is 11.3 Å². The monoisotopic (exact) mass is 224 g/mol. The summed E-state index contributed by atoms with van der Waals surface area (Å²) in [4.78, 5) is 4.14. The van der Waals surface area contributed by atoms with Gasteiger partial charge >= 0.3 is 0 Å². The van der Waals surface area contributed by atoms with Crippen LogP contribution in [0.1, 0.15) is 30.3 Å². The maximum absolute atomic E-state index is 3.35. The molecule has 2 nitrogen and oxygen atoms in total. The van der Waals surface area contributed by atoms with E-state index in [1.54, 1.807) is 0 Å². The van der Waals surface area contributed by atoms with Gasteiger partial charge in [0.05, 0.1) is 0 Å². The molecule has 1 aliphatic heterocycles. The third-order valence-corrected chi connectivity index (χ3v) is 4.56. The van der Waals surface area contributed by atoms with Gasteiger partial charge in [-0.3, -0.25) is 4.90 Å². The van der Waals surface area contributed by atoms with Crippen molar-refractivity contribution in [3.63, 3.8) is 0 Å². The molecule has 1 aromatic heterocycles. The van der Waals surface area contributed by atoms with Crippen LogP contribution in [0.3, 0.4) is 0 Å². The van der Waals surface area contributed by atoms with Crippen molar-refractivity contribution in [1.82, 2.24) is 10.2 Å². The van der Waals surface area contributed by atoms with Crippen LogP contribution >= 0.6 is 11.3 Å². The van der Waals surface area contributed by atoms with Crippen molar-refractivity contribution in [1.29, 1.82) is 0 Å². The van der Waals surface area contributed by atoms with E-state index in [0.29, 0.717) is 6.04 Å². The van der Waals surface area contributed by atoms with E-state index >= 15 is 0 Å². The Labute approximate surface area is 96.3 Å². The van der Waals surface area contributed by atoms with Gasteiger partial charge in [0.25, 0.3) is 0 Å². The van der Waals surface area contributed by atoms with E-state index < -0.39 is 0 Å². The number of thiophene rings is 1. The molecule has 0 bridgehead atoms. The Bertz CT molecular complexity index is 317. The van der Waals surface area contributed by atoms with Gasteiger partial charge in [0, 0.05) is 30.1 Å². The topological polar surface area (TPSA) is 15.3 Å². The van der Waals surface area contributed by atoms with Crippen LogP contribution in [0.4, 0.5) is 0 Å². The summed E-state index contributed by atoms with van der Waals surface area (Å²) in [5.41, 5.74) is 1.44. The maximum atomic E-state index is 3.35. The molecule has 0 amide bonds. The Morgan fingerprint density at radius 1 is 1.60 bits per heavy atom. The molecule has 0 aliphatic carbocycles. The first-order chi connectivity index (χ1) is 7.24. The molecule has 15 heavy (non-hydrogen) atoms. The van der Waals surface area contributed by atoms with E-state index in [4.69, 9.17) is 0 Å². The lowest BCUT2D eigenvalue weighted by Gasteiger charge is -2.41. The molecule has 0 saturated carbocycles. The molecule has 1 atom stereocenters. The Balaban J connectivity index is 2.10. The average molecular weight is 224 g/mol. The number of hydrogen-bond acceptors (Lipinski definition) is 3. The van der Waals surface area contributed by atoms with Gasteiger partial charge in [-0.25, -0.2) is 0 Å². The van der Waals surface area contributed by atoms with Gasteiger partial charge in [-0.1, -0.05) is 6.92 Å². The van der Waals surface area contributed by atoms with Crippen LogP contribution in [0, 0.1) is 6.92 Å². The van der Waals surface area contributed by atoms with Crippen molar-refractivity contribution in [2.75, 3.05) is 19.6 Å². The van der Waals surface area contributed by atoms with E-state index in [2.05, 4.69) is 42.4 Å². The first-order valence-corrected chi connectivity index (χ1v) is 6.62. The molecule has 2 heterocycles. The van der Waals surface area contributed by atoms with Crippen LogP contribution < -0.4 is 5.32 Å². The van der Waals surface area contributed by atoms with Gasteiger partial charge in [-0.05, 0) is 37.4 Å². The van der Waals surface area contributed by atoms with Gasteiger partial charge in [0.1, 0.15) is 0 Å². The molecular weight excluding hydrogens is 204 g/mol. The Morgan fingerprint density at radius 2 is 2.33 bits per heavy atom. The second-order valence-electron chi connectivity index (χ2n) is 4.29. The normalized spacial score (nSPS) is 19.2.